The Morgan fingerprint density at radius 1 is 1.62 bits per heavy atom. The first-order valence-corrected chi connectivity index (χ1v) is 3.17. The van der Waals surface area contributed by atoms with E-state index < -0.39 is 0 Å². The molecule has 1 heteroatoms. The topological polar surface area (TPSA) is 16.6 Å². The van der Waals surface area contributed by atoms with Gasteiger partial charge in [0, 0.05) is 0 Å². The van der Waals surface area contributed by atoms with Gasteiger partial charge in [0.2, 0.25) is 0 Å². The SMILES string of the molecule is C#CC[NH2+]CCCC. The van der Waals surface area contributed by atoms with Gasteiger partial charge in [-0.1, -0.05) is 13.3 Å². The molecule has 0 atom stereocenters. The summed E-state index contributed by atoms with van der Waals surface area (Å²) in [5.41, 5.74) is 0. The molecule has 0 aromatic carbocycles. The Morgan fingerprint density at radius 3 is 2.88 bits per heavy atom. The fourth-order valence-corrected chi connectivity index (χ4v) is 0.534. The van der Waals surface area contributed by atoms with Crippen LogP contribution in [0.15, 0.2) is 0 Å². The van der Waals surface area contributed by atoms with Crippen molar-refractivity contribution in [2.75, 3.05) is 13.1 Å². The summed E-state index contributed by atoms with van der Waals surface area (Å²) in [5.74, 6) is 2.57. The number of rotatable bonds is 4. The molecule has 1 nitrogen and oxygen atoms in total. The lowest BCUT2D eigenvalue weighted by Crippen LogP contribution is -2.84. The third-order valence-corrected chi connectivity index (χ3v) is 1.02. The van der Waals surface area contributed by atoms with E-state index in [0.717, 1.165) is 6.54 Å². The number of quaternary nitrogens is 1. The van der Waals surface area contributed by atoms with Crippen molar-refractivity contribution in [2.24, 2.45) is 0 Å². The molecule has 0 aliphatic rings. The Balaban J connectivity index is 2.65. The molecule has 0 saturated heterocycles. The lowest BCUT2D eigenvalue weighted by atomic mass is 10.3. The maximum Gasteiger partial charge on any atom is 0.137 e. The van der Waals surface area contributed by atoms with Crippen molar-refractivity contribution in [1.82, 2.24) is 0 Å². The normalized spacial score (nSPS) is 8.50. The first kappa shape index (κ1) is 7.52. The Bertz CT molecular complexity index is 70.9. The summed E-state index contributed by atoms with van der Waals surface area (Å²) in [5, 5.41) is 2.16. The molecule has 2 N–H and O–H groups in total. The predicted molar refractivity (Wildman–Crippen MR) is 35.4 cm³/mol. The molecule has 0 aliphatic carbocycles. The fraction of sp³-hybridized carbons (Fsp3) is 0.714. The van der Waals surface area contributed by atoms with Gasteiger partial charge >= 0.3 is 0 Å². The van der Waals surface area contributed by atoms with E-state index in [9.17, 15) is 0 Å². The summed E-state index contributed by atoms with van der Waals surface area (Å²) in [6.07, 6.45) is 7.57. The first-order valence-electron chi connectivity index (χ1n) is 3.17. The molecule has 0 saturated carbocycles. The van der Waals surface area contributed by atoms with Crippen molar-refractivity contribution in [1.29, 1.82) is 0 Å². The highest BCUT2D eigenvalue weighted by Crippen LogP contribution is 1.76. The molecule has 0 bridgehead atoms. The minimum Gasteiger partial charge on any atom is -0.336 e. The third-order valence-electron chi connectivity index (χ3n) is 1.02. The highest BCUT2D eigenvalue weighted by molar-refractivity contribution is 4.81. The molecule has 0 spiro atoms. The van der Waals surface area contributed by atoms with E-state index in [1.807, 2.05) is 0 Å². The van der Waals surface area contributed by atoms with Crippen LogP contribution in [-0.4, -0.2) is 13.1 Å². The minimum atomic E-state index is 0.833. The number of unbranched alkanes of at least 4 members (excludes halogenated alkanes) is 1. The molecule has 0 amide bonds. The molecule has 0 aliphatic heterocycles. The van der Waals surface area contributed by atoms with Crippen LogP contribution >= 0.6 is 0 Å². The lowest BCUT2D eigenvalue weighted by Gasteiger charge is -1.91. The van der Waals surface area contributed by atoms with Gasteiger partial charge in [-0.25, -0.2) is 0 Å². The van der Waals surface area contributed by atoms with Crippen LogP contribution in [0, 0.1) is 12.3 Å². The van der Waals surface area contributed by atoms with E-state index in [1.54, 1.807) is 0 Å². The summed E-state index contributed by atoms with van der Waals surface area (Å²) in [6.45, 7) is 4.20. The summed E-state index contributed by atoms with van der Waals surface area (Å²) >= 11 is 0. The van der Waals surface area contributed by atoms with Gasteiger partial charge in [-0.05, 0) is 12.3 Å². The molecule has 46 valence electrons. The van der Waals surface area contributed by atoms with Crippen molar-refractivity contribution in [3.05, 3.63) is 0 Å². The lowest BCUT2D eigenvalue weighted by molar-refractivity contribution is -0.644. The zero-order chi connectivity index (χ0) is 6.24. The van der Waals surface area contributed by atoms with E-state index in [1.165, 1.54) is 19.4 Å². The molecule has 0 heterocycles. The minimum absolute atomic E-state index is 0.833. The molecule has 0 aromatic rings. The number of hydrogen-bond acceptors (Lipinski definition) is 0. The maximum absolute atomic E-state index is 5.03. The van der Waals surface area contributed by atoms with Crippen LogP contribution < -0.4 is 5.32 Å². The molecule has 0 rings (SSSR count). The van der Waals surface area contributed by atoms with Gasteiger partial charge in [-0.3, -0.25) is 0 Å². The molecular formula is C7H14N+. The molecule has 0 fully saturated rings. The van der Waals surface area contributed by atoms with E-state index in [0.29, 0.717) is 0 Å². The van der Waals surface area contributed by atoms with Gasteiger partial charge < -0.3 is 5.32 Å². The van der Waals surface area contributed by atoms with E-state index >= 15 is 0 Å². The highest BCUT2D eigenvalue weighted by atomic mass is 14.8. The Hall–Kier alpha value is -0.480. The molecule has 0 unspecified atom stereocenters. The van der Waals surface area contributed by atoms with Crippen molar-refractivity contribution in [3.8, 4) is 12.3 Å². The van der Waals surface area contributed by atoms with Crippen LogP contribution in [0.25, 0.3) is 0 Å². The maximum atomic E-state index is 5.03. The Morgan fingerprint density at radius 2 is 2.38 bits per heavy atom. The van der Waals surface area contributed by atoms with Gasteiger partial charge in [0.25, 0.3) is 0 Å². The Kier molecular flexibility index (Phi) is 6.13. The third kappa shape index (κ3) is 5.52. The van der Waals surface area contributed by atoms with E-state index in [2.05, 4.69) is 18.2 Å². The molecule has 0 radical (unpaired) electrons. The summed E-state index contributed by atoms with van der Waals surface area (Å²) in [6, 6.07) is 0. The second kappa shape index (κ2) is 6.52. The summed E-state index contributed by atoms with van der Waals surface area (Å²) in [4.78, 5) is 0. The van der Waals surface area contributed by atoms with Gasteiger partial charge in [0.15, 0.2) is 0 Å². The van der Waals surface area contributed by atoms with Crippen molar-refractivity contribution >= 4 is 0 Å². The van der Waals surface area contributed by atoms with E-state index in [-0.39, 0.29) is 0 Å². The van der Waals surface area contributed by atoms with Gasteiger partial charge in [-0.15, -0.1) is 6.42 Å². The standard InChI is InChI=1S/C7H13N/c1-3-5-7-8-6-4-2/h2,8H,3,5-7H2,1H3/p+1. The van der Waals surface area contributed by atoms with Crippen LogP contribution in [0.4, 0.5) is 0 Å². The molecular weight excluding hydrogens is 98.1 g/mol. The zero-order valence-corrected chi connectivity index (χ0v) is 5.48. The molecule has 0 aromatic heterocycles. The largest absolute Gasteiger partial charge is 0.336 e. The van der Waals surface area contributed by atoms with Crippen LogP contribution in [0.1, 0.15) is 19.8 Å². The average Bonchev–Trinajstić information content (AvgIpc) is 1.81. The van der Waals surface area contributed by atoms with Crippen LogP contribution in [-0.2, 0) is 0 Å². The second-order valence-corrected chi connectivity index (χ2v) is 1.84. The van der Waals surface area contributed by atoms with Crippen LogP contribution in [0.2, 0.25) is 0 Å². The molecule has 8 heavy (non-hydrogen) atoms. The number of terminal acetylenes is 1. The smallest absolute Gasteiger partial charge is 0.137 e. The predicted octanol–water partition coefficient (Wildman–Crippen LogP) is -0.0169. The Labute approximate surface area is 51.5 Å². The second-order valence-electron chi connectivity index (χ2n) is 1.84. The zero-order valence-electron chi connectivity index (χ0n) is 5.48. The monoisotopic (exact) mass is 112 g/mol. The first-order chi connectivity index (χ1) is 3.91. The van der Waals surface area contributed by atoms with Crippen LogP contribution in [0.3, 0.4) is 0 Å². The van der Waals surface area contributed by atoms with Gasteiger partial charge in [0.05, 0.1) is 6.54 Å². The number of nitrogens with two attached hydrogens (primary N) is 1. The van der Waals surface area contributed by atoms with Crippen LogP contribution in [0.5, 0.6) is 0 Å². The fourth-order valence-electron chi connectivity index (χ4n) is 0.534. The van der Waals surface area contributed by atoms with E-state index in [4.69, 9.17) is 6.42 Å². The van der Waals surface area contributed by atoms with Crippen molar-refractivity contribution < 1.29 is 5.32 Å². The van der Waals surface area contributed by atoms with Gasteiger partial charge in [-0.2, -0.15) is 0 Å². The average molecular weight is 112 g/mol. The quantitative estimate of drug-likeness (QED) is 0.389. The highest BCUT2D eigenvalue weighted by Gasteiger charge is 1.82. The summed E-state index contributed by atoms with van der Waals surface area (Å²) in [7, 11) is 0. The number of hydrogen-bond donors (Lipinski definition) is 1. The van der Waals surface area contributed by atoms with Crippen molar-refractivity contribution in [2.45, 2.75) is 19.8 Å². The van der Waals surface area contributed by atoms with Crippen molar-refractivity contribution in [3.63, 3.8) is 0 Å². The van der Waals surface area contributed by atoms with Gasteiger partial charge in [0.1, 0.15) is 6.54 Å². The summed E-state index contributed by atoms with van der Waals surface area (Å²) < 4.78 is 0.